The van der Waals surface area contributed by atoms with Crippen LogP contribution in [0, 0.1) is 11.8 Å². The number of anilines is 1. The van der Waals surface area contributed by atoms with Gasteiger partial charge in [0.2, 0.25) is 0 Å². The van der Waals surface area contributed by atoms with E-state index in [1.54, 1.807) is 0 Å². The molecule has 0 aliphatic heterocycles. The van der Waals surface area contributed by atoms with Crippen LogP contribution in [0.3, 0.4) is 0 Å². The third kappa shape index (κ3) is 3.96. The van der Waals surface area contributed by atoms with E-state index >= 15 is 0 Å². The van der Waals surface area contributed by atoms with Gasteiger partial charge in [-0.2, -0.15) is 4.98 Å². The third-order valence-corrected chi connectivity index (χ3v) is 3.89. The van der Waals surface area contributed by atoms with E-state index in [9.17, 15) is 0 Å². The van der Waals surface area contributed by atoms with E-state index in [4.69, 9.17) is 4.42 Å². The Hall–Kier alpha value is -1.03. The molecule has 0 amide bonds. The van der Waals surface area contributed by atoms with Gasteiger partial charge in [-0.05, 0) is 50.5 Å². The van der Waals surface area contributed by atoms with Crippen molar-refractivity contribution in [1.82, 2.24) is 10.3 Å². The van der Waals surface area contributed by atoms with Crippen LogP contribution < -0.4 is 10.2 Å². The highest BCUT2D eigenvalue weighted by Crippen LogP contribution is 2.35. The van der Waals surface area contributed by atoms with Crippen molar-refractivity contribution < 1.29 is 4.42 Å². The molecule has 0 saturated heterocycles. The van der Waals surface area contributed by atoms with Gasteiger partial charge in [0.25, 0.3) is 6.01 Å². The van der Waals surface area contributed by atoms with Gasteiger partial charge in [0.05, 0.1) is 5.69 Å². The molecule has 2 fully saturated rings. The summed E-state index contributed by atoms with van der Waals surface area (Å²) in [5.41, 5.74) is 1.03. The molecular formula is C15H25N3O. The first kappa shape index (κ1) is 13.0. The van der Waals surface area contributed by atoms with Gasteiger partial charge in [-0.25, -0.2) is 0 Å². The van der Waals surface area contributed by atoms with E-state index in [0.29, 0.717) is 0 Å². The van der Waals surface area contributed by atoms with Gasteiger partial charge in [-0.1, -0.05) is 6.92 Å². The van der Waals surface area contributed by atoms with Crippen molar-refractivity contribution >= 4 is 6.01 Å². The second-order valence-electron chi connectivity index (χ2n) is 6.09. The van der Waals surface area contributed by atoms with Gasteiger partial charge in [-0.15, -0.1) is 0 Å². The zero-order valence-electron chi connectivity index (χ0n) is 11.9. The molecule has 0 aromatic carbocycles. The lowest BCUT2D eigenvalue weighted by atomic mass is 10.3. The van der Waals surface area contributed by atoms with Gasteiger partial charge in [0, 0.05) is 19.6 Å². The summed E-state index contributed by atoms with van der Waals surface area (Å²) in [7, 11) is 0. The number of rotatable bonds is 9. The van der Waals surface area contributed by atoms with E-state index < -0.39 is 0 Å². The average molecular weight is 263 g/mol. The average Bonchev–Trinajstić information content (AvgIpc) is 3.33. The first-order valence-corrected chi connectivity index (χ1v) is 7.75. The van der Waals surface area contributed by atoms with Gasteiger partial charge < -0.3 is 14.6 Å². The lowest BCUT2D eigenvalue weighted by Gasteiger charge is -2.19. The number of aromatic nitrogens is 1. The number of hydrogen-bond acceptors (Lipinski definition) is 4. The largest absolute Gasteiger partial charge is 0.432 e. The van der Waals surface area contributed by atoms with E-state index in [-0.39, 0.29) is 0 Å². The van der Waals surface area contributed by atoms with E-state index in [1.165, 1.54) is 25.7 Å². The minimum atomic E-state index is 0.817. The SMILES string of the molecule is CCCNCc1coc(N(CC2CC2)CC2CC2)n1. The summed E-state index contributed by atoms with van der Waals surface area (Å²) in [5, 5.41) is 3.37. The fourth-order valence-corrected chi connectivity index (χ4v) is 2.37. The molecule has 3 rings (SSSR count). The normalized spacial score (nSPS) is 18.8. The molecule has 1 heterocycles. The van der Waals surface area contributed by atoms with Crippen LogP contribution in [0.5, 0.6) is 0 Å². The molecule has 1 aromatic heterocycles. The summed E-state index contributed by atoms with van der Waals surface area (Å²) in [5.74, 6) is 1.76. The topological polar surface area (TPSA) is 41.3 Å². The molecule has 4 nitrogen and oxygen atoms in total. The lowest BCUT2D eigenvalue weighted by molar-refractivity contribution is 0.517. The van der Waals surface area contributed by atoms with Gasteiger partial charge >= 0.3 is 0 Å². The van der Waals surface area contributed by atoms with Gasteiger partial charge in [0.15, 0.2) is 0 Å². The maximum atomic E-state index is 5.69. The molecule has 0 radical (unpaired) electrons. The Morgan fingerprint density at radius 3 is 2.53 bits per heavy atom. The molecule has 2 saturated carbocycles. The molecule has 0 unspecified atom stereocenters. The third-order valence-electron chi connectivity index (χ3n) is 3.89. The van der Waals surface area contributed by atoms with Crippen LogP contribution in [-0.4, -0.2) is 24.6 Å². The summed E-state index contributed by atoms with van der Waals surface area (Å²) in [4.78, 5) is 7.01. The minimum Gasteiger partial charge on any atom is -0.432 e. The Balaban J connectivity index is 1.56. The molecule has 0 bridgehead atoms. The molecule has 2 aliphatic rings. The second kappa shape index (κ2) is 5.95. The Morgan fingerprint density at radius 1 is 1.26 bits per heavy atom. The molecule has 4 heteroatoms. The monoisotopic (exact) mass is 263 g/mol. The standard InChI is InChI=1S/C15H25N3O/c1-2-7-16-8-14-11-19-15(17-14)18(9-12-3-4-12)10-13-5-6-13/h11-13,16H,2-10H2,1H3. The minimum absolute atomic E-state index is 0.817. The lowest BCUT2D eigenvalue weighted by Crippen LogP contribution is -2.28. The maximum Gasteiger partial charge on any atom is 0.297 e. The number of nitrogens with zero attached hydrogens (tertiary/aromatic N) is 2. The quantitative estimate of drug-likeness (QED) is 0.696. The summed E-state index contributed by atoms with van der Waals surface area (Å²) in [6, 6.07) is 0.840. The molecule has 19 heavy (non-hydrogen) atoms. The summed E-state index contributed by atoms with van der Waals surface area (Å²) < 4.78 is 5.69. The highest BCUT2D eigenvalue weighted by Gasteiger charge is 2.31. The zero-order valence-corrected chi connectivity index (χ0v) is 11.9. The van der Waals surface area contributed by atoms with Crippen LogP contribution in [0.2, 0.25) is 0 Å². The number of oxazole rings is 1. The van der Waals surface area contributed by atoms with Crippen LogP contribution in [0.4, 0.5) is 6.01 Å². The van der Waals surface area contributed by atoms with Crippen molar-refractivity contribution in [3.8, 4) is 0 Å². The predicted molar refractivity (Wildman–Crippen MR) is 76.2 cm³/mol. The molecule has 0 atom stereocenters. The molecular weight excluding hydrogens is 238 g/mol. The van der Waals surface area contributed by atoms with Gasteiger partial charge in [-0.3, -0.25) is 0 Å². The molecule has 1 aromatic rings. The van der Waals surface area contributed by atoms with Crippen LogP contribution >= 0.6 is 0 Å². The Kier molecular flexibility index (Phi) is 4.06. The Morgan fingerprint density at radius 2 is 1.95 bits per heavy atom. The molecule has 2 aliphatic carbocycles. The number of hydrogen-bond donors (Lipinski definition) is 1. The molecule has 0 spiro atoms. The first-order valence-electron chi connectivity index (χ1n) is 7.75. The van der Waals surface area contributed by atoms with Crippen molar-refractivity contribution in [3.05, 3.63) is 12.0 Å². The van der Waals surface area contributed by atoms with Crippen LogP contribution in [0.1, 0.15) is 44.7 Å². The molecule has 106 valence electrons. The van der Waals surface area contributed by atoms with Crippen molar-refractivity contribution in [2.75, 3.05) is 24.5 Å². The summed E-state index contributed by atoms with van der Waals surface area (Å²) >= 11 is 0. The van der Waals surface area contributed by atoms with Crippen molar-refractivity contribution in [3.63, 3.8) is 0 Å². The predicted octanol–water partition coefficient (Wildman–Crippen LogP) is 2.80. The highest BCUT2D eigenvalue weighted by atomic mass is 16.4. The van der Waals surface area contributed by atoms with Crippen LogP contribution in [0.15, 0.2) is 10.7 Å². The van der Waals surface area contributed by atoms with Crippen molar-refractivity contribution in [2.45, 2.75) is 45.6 Å². The summed E-state index contributed by atoms with van der Waals surface area (Å²) in [6.45, 7) is 6.31. The van der Waals surface area contributed by atoms with Gasteiger partial charge in [0.1, 0.15) is 6.26 Å². The first-order chi connectivity index (χ1) is 9.35. The number of nitrogens with one attached hydrogen (secondary N) is 1. The zero-order chi connectivity index (χ0) is 13.1. The highest BCUT2D eigenvalue weighted by molar-refractivity contribution is 5.28. The maximum absolute atomic E-state index is 5.69. The Labute approximate surface area is 115 Å². The fraction of sp³-hybridized carbons (Fsp3) is 0.800. The molecule has 1 N–H and O–H groups in total. The summed E-state index contributed by atoms with van der Waals surface area (Å²) in [6.07, 6.45) is 8.49. The van der Waals surface area contributed by atoms with Crippen molar-refractivity contribution in [2.24, 2.45) is 11.8 Å². The Bertz CT molecular complexity index is 382. The van der Waals surface area contributed by atoms with Crippen LogP contribution in [0.25, 0.3) is 0 Å². The second-order valence-corrected chi connectivity index (χ2v) is 6.09. The van der Waals surface area contributed by atoms with E-state index in [0.717, 1.165) is 56.1 Å². The van der Waals surface area contributed by atoms with Crippen LogP contribution in [-0.2, 0) is 6.54 Å². The van der Waals surface area contributed by atoms with E-state index in [1.807, 2.05) is 6.26 Å². The van der Waals surface area contributed by atoms with E-state index in [2.05, 4.69) is 22.1 Å². The van der Waals surface area contributed by atoms with Crippen molar-refractivity contribution in [1.29, 1.82) is 0 Å². The fourth-order valence-electron chi connectivity index (χ4n) is 2.37. The smallest absolute Gasteiger partial charge is 0.297 e.